The molecule has 6 nitrogen and oxygen atoms in total. The fraction of sp³-hybridized carbons (Fsp3) is 0.375. The average Bonchev–Trinajstić information content (AvgIpc) is 3.01. The Morgan fingerprint density at radius 2 is 0.773 bits per heavy atom. The van der Waals surface area contributed by atoms with Crippen LogP contribution in [0.3, 0.4) is 0 Å². The van der Waals surface area contributed by atoms with Crippen LogP contribution in [-0.2, 0) is 25.4 Å². The lowest BCUT2D eigenvalue weighted by atomic mass is 10.1. The molecule has 0 bridgehead atoms. The van der Waals surface area contributed by atoms with Gasteiger partial charge in [0, 0.05) is 76.6 Å². The molecular weight excluding hydrogens is 586 g/mol. The van der Waals surface area contributed by atoms with Gasteiger partial charge in [0.15, 0.2) is 0 Å². The number of rotatable bonds is 6. The Hall–Kier alpha value is -3.90. The first-order chi connectivity index (χ1) is 20.9. The van der Waals surface area contributed by atoms with E-state index in [1.54, 1.807) is 34.1 Å². The Kier molecular flexibility index (Phi) is 9.31. The van der Waals surface area contributed by atoms with Gasteiger partial charge in [0.2, 0.25) is 0 Å². The predicted octanol–water partition coefficient (Wildman–Crippen LogP) is 5.64. The quantitative estimate of drug-likeness (QED) is 0.336. The third-order valence-electron chi connectivity index (χ3n) is 8.07. The minimum Gasteiger partial charge on any atom is -0.336 e. The first-order valence-corrected chi connectivity index (χ1v) is 14.3. The Morgan fingerprint density at radius 1 is 0.477 bits per heavy atom. The minimum atomic E-state index is -4.37. The van der Waals surface area contributed by atoms with E-state index < -0.39 is 23.5 Å². The van der Waals surface area contributed by atoms with Gasteiger partial charge in [-0.05, 0) is 59.7 Å². The van der Waals surface area contributed by atoms with Gasteiger partial charge in [-0.15, -0.1) is 0 Å². The van der Waals surface area contributed by atoms with Crippen molar-refractivity contribution >= 4 is 11.8 Å². The topological polar surface area (TPSA) is 47.1 Å². The molecule has 0 atom stereocenters. The zero-order valence-corrected chi connectivity index (χ0v) is 23.9. The van der Waals surface area contributed by atoms with Crippen molar-refractivity contribution in [2.24, 2.45) is 0 Å². The maximum absolute atomic E-state index is 13.1. The number of carbonyl (C=O) groups is 2. The molecule has 0 N–H and O–H groups in total. The second kappa shape index (κ2) is 13.0. The maximum atomic E-state index is 13.1. The first kappa shape index (κ1) is 31.5. The summed E-state index contributed by atoms with van der Waals surface area (Å²) in [6.07, 6.45) is -8.73. The van der Waals surface area contributed by atoms with Gasteiger partial charge in [-0.1, -0.05) is 24.3 Å². The number of hydrogen-bond acceptors (Lipinski definition) is 4. The van der Waals surface area contributed by atoms with Gasteiger partial charge in [0.05, 0.1) is 11.1 Å². The van der Waals surface area contributed by atoms with Gasteiger partial charge < -0.3 is 9.80 Å². The number of halogens is 6. The molecule has 5 rings (SSSR count). The zero-order chi connectivity index (χ0) is 31.5. The maximum Gasteiger partial charge on any atom is 0.416 e. The lowest BCUT2D eigenvalue weighted by molar-refractivity contribution is -0.138. The van der Waals surface area contributed by atoms with Crippen LogP contribution in [0.4, 0.5) is 26.3 Å². The molecule has 0 unspecified atom stereocenters. The van der Waals surface area contributed by atoms with E-state index in [0.717, 1.165) is 35.4 Å². The van der Waals surface area contributed by atoms with E-state index in [-0.39, 0.29) is 11.8 Å². The van der Waals surface area contributed by atoms with Crippen molar-refractivity contribution in [3.8, 4) is 0 Å². The van der Waals surface area contributed by atoms with Crippen LogP contribution in [-0.4, -0.2) is 83.8 Å². The second-order valence-corrected chi connectivity index (χ2v) is 11.1. The summed E-state index contributed by atoms with van der Waals surface area (Å²) in [7, 11) is 0. The molecular formula is C32H32F6N4O2. The van der Waals surface area contributed by atoms with Gasteiger partial charge in [0.1, 0.15) is 0 Å². The Bertz CT molecular complexity index is 1310. The summed E-state index contributed by atoms with van der Waals surface area (Å²) in [5.74, 6) is -0.287. The van der Waals surface area contributed by atoms with Gasteiger partial charge in [-0.2, -0.15) is 26.3 Å². The first-order valence-electron chi connectivity index (χ1n) is 14.3. The van der Waals surface area contributed by atoms with Crippen LogP contribution in [0, 0.1) is 0 Å². The fourth-order valence-electron chi connectivity index (χ4n) is 5.45. The number of hydrogen-bond donors (Lipinski definition) is 0. The van der Waals surface area contributed by atoms with Crippen LogP contribution in [0.2, 0.25) is 0 Å². The summed E-state index contributed by atoms with van der Waals surface area (Å²) in [5.41, 5.74) is 1.14. The van der Waals surface area contributed by atoms with E-state index in [0.29, 0.717) is 76.6 Å². The highest BCUT2D eigenvalue weighted by molar-refractivity contribution is 5.98. The molecule has 2 aliphatic rings. The van der Waals surface area contributed by atoms with Crippen molar-refractivity contribution in [2.75, 3.05) is 52.4 Å². The molecule has 44 heavy (non-hydrogen) atoms. The van der Waals surface area contributed by atoms with Crippen LogP contribution in [0.1, 0.15) is 43.0 Å². The van der Waals surface area contributed by atoms with Crippen LogP contribution in [0.15, 0.2) is 72.8 Å². The molecule has 2 aliphatic heterocycles. The minimum absolute atomic E-state index is 0.143. The van der Waals surface area contributed by atoms with Crippen LogP contribution < -0.4 is 0 Å². The predicted molar refractivity (Wildman–Crippen MR) is 152 cm³/mol. The number of benzene rings is 3. The molecule has 0 spiro atoms. The Morgan fingerprint density at radius 3 is 1.05 bits per heavy atom. The molecule has 2 saturated heterocycles. The molecule has 234 valence electrons. The second-order valence-electron chi connectivity index (χ2n) is 11.1. The van der Waals surface area contributed by atoms with E-state index in [2.05, 4.69) is 9.80 Å². The average molecular weight is 619 g/mol. The van der Waals surface area contributed by atoms with Gasteiger partial charge in [-0.25, -0.2) is 0 Å². The smallest absolute Gasteiger partial charge is 0.336 e. The van der Waals surface area contributed by atoms with Crippen molar-refractivity contribution in [1.29, 1.82) is 0 Å². The molecule has 2 amide bonds. The monoisotopic (exact) mass is 618 g/mol. The molecule has 0 radical (unpaired) electrons. The number of piperazine rings is 2. The van der Waals surface area contributed by atoms with Gasteiger partial charge in [-0.3, -0.25) is 19.4 Å². The fourth-order valence-corrected chi connectivity index (χ4v) is 5.45. The largest absolute Gasteiger partial charge is 0.416 e. The van der Waals surface area contributed by atoms with Crippen molar-refractivity contribution in [1.82, 2.24) is 19.6 Å². The molecule has 12 heteroatoms. The van der Waals surface area contributed by atoms with E-state index in [9.17, 15) is 35.9 Å². The summed E-state index contributed by atoms with van der Waals surface area (Å²) in [5, 5.41) is 0. The summed E-state index contributed by atoms with van der Waals surface area (Å²) >= 11 is 0. The molecule has 0 saturated carbocycles. The third-order valence-corrected chi connectivity index (χ3v) is 8.07. The molecule has 0 aromatic heterocycles. The highest BCUT2D eigenvalue weighted by Gasteiger charge is 2.31. The van der Waals surface area contributed by atoms with Crippen molar-refractivity contribution in [2.45, 2.75) is 25.4 Å². The Labute approximate surface area is 251 Å². The van der Waals surface area contributed by atoms with E-state index in [1.165, 1.54) is 24.3 Å². The number of carbonyl (C=O) groups excluding carboxylic acids is 2. The van der Waals surface area contributed by atoms with E-state index in [1.807, 2.05) is 0 Å². The molecule has 3 aromatic rings. The van der Waals surface area contributed by atoms with Crippen molar-refractivity contribution in [3.05, 3.63) is 106 Å². The number of nitrogens with zero attached hydrogens (tertiary/aromatic N) is 4. The molecule has 0 aliphatic carbocycles. The van der Waals surface area contributed by atoms with E-state index in [4.69, 9.17) is 0 Å². The van der Waals surface area contributed by atoms with Crippen molar-refractivity contribution in [3.63, 3.8) is 0 Å². The highest BCUT2D eigenvalue weighted by atomic mass is 19.4. The molecule has 2 heterocycles. The highest BCUT2D eigenvalue weighted by Crippen LogP contribution is 2.30. The molecule has 3 aromatic carbocycles. The standard InChI is InChI=1S/C32H32F6N4O2/c33-31(34,35)27-9-1-23(2-10-27)21-39-13-17-41(18-14-39)29(43)25-5-7-26(8-6-25)30(44)42-19-15-40(16-20-42)22-24-3-11-28(12-4-24)32(36,37)38/h1-12H,13-22H2. The summed E-state index contributed by atoms with van der Waals surface area (Å²) in [6.45, 7) is 5.30. The van der Waals surface area contributed by atoms with Gasteiger partial charge in [0.25, 0.3) is 11.8 Å². The van der Waals surface area contributed by atoms with E-state index >= 15 is 0 Å². The van der Waals surface area contributed by atoms with Crippen LogP contribution in [0.5, 0.6) is 0 Å². The molecule has 2 fully saturated rings. The lowest BCUT2D eigenvalue weighted by Crippen LogP contribution is -2.48. The normalized spacial score (nSPS) is 17.1. The summed E-state index contributed by atoms with van der Waals surface area (Å²) in [6, 6.07) is 16.8. The summed E-state index contributed by atoms with van der Waals surface area (Å²) in [4.78, 5) is 33.8. The van der Waals surface area contributed by atoms with Gasteiger partial charge >= 0.3 is 12.4 Å². The number of alkyl halides is 6. The van der Waals surface area contributed by atoms with Crippen LogP contribution in [0.25, 0.3) is 0 Å². The summed E-state index contributed by atoms with van der Waals surface area (Å²) < 4.78 is 76.8. The lowest BCUT2D eigenvalue weighted by Gasteiger charge is -2.35. The van der Waals surface area contributed by atoms with Crippen molar-refractivity contribution < 1.29 is 35.9 Å². The van der Waals surface area contributed by atoms with Crippen LogP contribution >= 0.6 is 0 Å². The zero-order valence-electron chi connectivity index (χ0n) is 23.9. The number of amides is 2. The Balaban J connectivity index is 1.07. The third kappa shape index (κ3) is 7.78. The SMILES string of the molecule is O=C(c1ccc(C(=O)N2CCN(Cc3ccc(C(F)(F)F)cc3)CC2)cc1)N1CCN(Cc2ccc(C(F)(F)F)cc2)CC1.